The summed E-state index contributed by atoms with van der Waals surface area (Å²) in [4.78, 5) is 0. The summed E-state index contributed by atoms with van der Waals surface area (Å²) < 4.78 is 17.5. The van der Waals surface area contributed by atoms with E-state index < -0.39 is 0 Å². The summed E-state index contributed by atoms with van der Waals surface area (Å²) in [6.07, 6.45) is 4.77. The lowest BCUT2D eigenvalue weighted by atomic mass is 10.1. The highest BCUT2D eigenvalue weighted by molar-refractivity contribution is 7.19. The zero-order valence-corrected chi connectivity index (χ0v) is 19.0. The maximum Gasteiger partial charge on any atom is 0.116 e. The van der Waals surface area contributed by atoms with Crippen molar-refractivity contribution in [2.45, 2.75) is 52.6 Å². The van der Waals surface area contributed by atoms with E-state index in [9.17, 15) is 0 Å². The van der Waals surface area contributed by atoms with Crippen LogP contribution < -0.4 is 0 Å². The van der Waals surface area contributed by atoms with E-state index in [0.717, 1.165) is 24.1 Å². The minimum Gasteiger partial charge on any atom is -0.338 e. The fraction of sp³-hybridized carbons (Fsp3) is 0.364. The van der Waals surface area contributed by atoms with E-state index in [2.05, 4.69) is 45.9 Å². The number of fused-ring (bicyclic) bond motifs is 10. The maximum absolute atomic E-state index is 4.80. The number of hydrogen-bond donors (Lipinski definition) is 0. The molecule has 0 fully saturated rings. The van der Waals surface area contributed by atoms with Gasteiger partial charge in [0.25, 0.3) is 0 Å². The van der Waals surface area contributed by atoms with E-state index in [4.69, 9.17) is 8.75 Å². The number of aromatic nitrogens is 4. The van der Waals surface area contributed by atoms with E-state index in [1.165, 1.54) is 79.7 Å². The van der Waals surface area contributed by atoms with Gasteiger partial charge in [-0.1, -0.05) is 26.7 Å². The summed E-state index contributed by atoms with van der Waals surface area (Å²) in [5.74, 6) is 0. The standard InChI is InChI=1S/C22H22N4S3/c1-3-5-9-25-13-7-11-27-21(13)15-17-18(24-29-23-17)16-20(19(15)25)26(10-6-4-2)14-8-12-28-22(14)16/h7-8,11-12H,3-6,9-10H2,1-2H3. The van der Waals surface area contributed by atoms with Crippen molar-refractivity contribution in [3.8, 4) is 0 Å². The van der Waals surface area contributed by atoms with Crippen molar-refractivity contribution in [1.82, 2.24) is 17.9 Å². The topological polar surface area (TPSA) is 35.6 Å². The van der Waals surface area contributed by atoms with Gasteiger partial charge < -0.3 is 9.13 Å². The van der Waals surface area contributed by atoms with Crippen molar-refractivity contribution in [2.24, 2.45) is 0 Å². The number of benzene rings is 1. The van der Waals surface area contributed by atoms with Crippen LogP contribution in [0.25, 0.3) is 53.3 Å². The zero-order chi connectivity index (χ0) is 19.5. The van der Waals surface area contributed by atoms with Crippen molar-refractivity contribution < 1.29 is 0 Å². The fourth-order valence-corrected chi connectivity index (χ4v) is 7.12. The summed E-state index contributed by atoms with van der Waals surface area (Å²) in [5.41, 5.74) is 7.62. The molecule has 148 valence electrons. The summed E-state index contributed by atoms with van der Waals surface area (Å²) in [6.45, 7) is 6.65. The Morgan fingerprint density at radius 3 is 1.69 bits per heavy atom. The molecule has 0 bridgehead atoms. The number of rotatable bonds is 6. The van der Waals surface area contributed by atoms with Gasteiger partial charge >= 0.3 is 0 Å². The smallest absolute Gasteiger partial charge is 0.116 e. The molecule has 7 heteroatoms. The van der Waals surface area contributed by atoms with Crippen molar-refractivity contribution >= 4 is 87.7 Å². The summed E-state index contributed by atoms with van der Waals surface area (Å²) >= 11 is 5.03. The number of aryl methyl sites for hydroxylation is 2. The Hall–Kier alpha value is -1.96. The molecule has 0 saturated heterocycles. The van der Waals surface area contributed by atoms with Crippen LogP contribution in [0.5, 0.6) is 0 Å². The van der Waals surface area contributed by atoms with E-state index in [0.29, 0.717) is 0 Å². The largest absolute Gasteiger partial charge is 0.338 e. The molecule has 0 aliphatic rings. The van der Waals surface area contributed by atoms with Crippen molar-refractivity contribution in [3.63, 3.8) is 0 Å². The van der Waals surface area contributed by atoms with Crippen molar-refractivity contribution in [3.05, 3.63) is 22.9 Å². The molecule has 5 heterocycles. The number of hydrogen-bond acceptors (Lipinski definition) is 5. The van der Waals surface area contributed by atoms with E-state index in [1.54, 1.807) is 0 Å². The highest BCUT2D eigenvalue weighted by Gasteiger charge is 2.25. The summed E-state index contributed by atoms with van der Waals surface area (Å²) in [7, 11) is 0. The van der Waals surface area contributed by atoms with Crippen LogP contribution in [-0.2, 0) is 13.1 Å². The van der Waals surface area contributed by atoms with Crippen LogP contribution in [0, 0.1) is 0 Å². The van der Waals surface area contributed by atoms with Crippen molar-refractivity contribution in [1.29, 1.82) is 0 Å². The number of thiophene rings is 2. The Morgan fingerprint density at radius 1 is 0.759 bits per heavy atom. The molecule has 4 nitrogen and oxygen atoms in total. The first-order valence-corrected chi connectivity index (χ1v) is 12.9. The molecule has 29 heavy (non-hydrogen) atoms. The van der Waals surface area contributed by atoms with Crippen LogP contribution >= 0.6 is 34.4 Å². The molecular formula is C22H22N4S3. The quantitative estimate of drug-likeness (QED) is 0.268. The first-order chi connectivity index (χ1) is 14.3. The molecule has 0 saturated carbocycles. The Morgan fingerprint density at radius 2 is 1.24 bits per heavy atom. The van der Waals surface area contributed by atoms with Gasteiger partial charge in [0.05, 0.1) is 43.2 Å². The molecular weight excluding hydrogens is 416 g/mol. The zero-order valence-electron chi connectivity index (χ0n) is 16.6. The van der Waals surface area contributed by atoms with Gasteiger partial charge in [-0.05, 0) is 35.7 Å². The number of unbranched alkanes of at least 4 members (excludes halogenated alkanes) is 2. The second-order valence-electron chi connectivity index (χ2n) is 7.69. The molecule has 0 spiro atoms. The monoisotopic (exact) mass is 438 g/mol. The van der Waals surface area contributed by atoms with Crippen LogP contribution in [0.2, 0.25) is 0 Å². The van der Waals surface area contributed by atoms with E-state index in [-0.39, 0.29) is 0 Å². The van der Waals surface area contributed by atoms with Gasteiger partial charge in [-0.25, -0.2) is 0 Å². The molecule has 0 radical (unpaired) electrons. The summed E-state index contributed by atoms with van der Waals surface area (Å²) in [5, 5.41) is 7.06. The second-order valence-corrected chi connectivity index (χ2v) is 10.0. The Balaban J connectivity index is 1.90. The molecule has 0 atom stereocenters. The van der Waals surface area contributed by atoms with E-state index in [1.807, 2.05) is 22.7 Å². The second kappa shape index (κ2) is 6.79. The molecule has 0 unspecified atom stereocenters. The third-order valence-electron chi connectivity index (χ3n) is 6.00. The van der Waals surface area contributed by atoms with Crippen LogP contribution in [0.3, 0.4) is 0 Å². The first-order valence-electron chi connectivity index (χ1n) is 10.4. The van der Waals surface area contributed by atoms with Gasteiger partial charge in [-0.15, -0.1) is 22.7 Å². The third-order valence-corrected chi connectivity index (χ3v) is 8.37. The molecule has 0 aliphatic heterocycles. The maximum atomic E-state index is 4.80. The molecule has 0 aliphatic carbocycles. The van der Waals surface area contributed by atoms with Gasteiger partial charge in [-0.2, -0.15) is 8.75 Å². The third kappa shape index (κ3) is 2.35. The SMILES string of the molecule is CCCCn1c2ccsc2c2c3nsnc3c3c4sccc4n(CCCC)c3c21. The van der Waals surface area contributed by atoms with Gasteiger partial charge in [0.2, 0.25) is 0 Å². The molecule has 5 aromatic heterocycles. The first kappa shape index (κ1) is 17.9. The minimum atomic E-state index is 1.05. The average molecular weight is 439 g/mol. The Kier molecular flexibility index (Phi) is 4.18. The fourth-order valence-electron chi connectivity index (χ4n) is 4.68. The van der Waals surface area contributed by atoms with Crippen molar-refractivity contribution in [2.75, 3.05) is 0 Å². The molecule has 6 rings (SSSR count). The van der Waals surface area contributed by atoms with E-state index >= 15 is 0 Å². The predicted molar refractivity (Wildman–Crippen MR) is 129 cm³/mol. The van der Waals surface area contributed by atoms with Gasteiger partial charge in [0.15, 0.2) is 0 Å². The lowest BCUT2D eigenvalue weighted by molar-refractivity contribution is 0.655. The summed E-state index contributed by atoms with van der Waals surface area (Å²) in [6, 6.07) is 4.57. The molecule has 0 N–H and O–H groups in total. The average Bonchev–Trinajstić information content (AvgIpc) is 3.51. The normalized spacial score (nSPS) is 12.6. The van der Waals surface area contributed by atoms with Gasteiger partial charge in [-0.3, -0.25) is 0 Å². The van der Waals surface area contributed by atoms with Crippen LogP contribution in [0.15, 0.2) is 22.9 Å². The predicted octanol–water partition coefficient (Wildman–Crippen LogP) is 7.63. The Labute approximate surface area is 180 Å². The lowest BCUT2D eigenvalue weighted by Crippen LogP contribution is -2.02. The van der Waals surface area contributed by atoms with Crippen LogP contribution in [0.4, 0.5) is 0 Å². The number of nitrogens with zero attached hydrogens (tertiary/aromatic N) is 4. The highest BCUT2D eigenvalue weighted by atomic mass is 32.1. The highest BCUT2D eigenvalue weighted by Crippen LogP contribution is 2.46. The minimum absolute atomic E-state index is 1.05. The van der Waals surface area contributed by atoms with Crippen LogP contribution in [-0.4, -0.2) is 17.9 Å². The Bertz CT molecular complexity index is 1380. The molecule has 1 aromatic carbocycles. The van der Waals surface area contributed by atoms with Gasteiger partial charge in [0.1, 0.15) is 11.0 Å². The molecule has 0 amide bonds. The lowest BCUT2D eigenvalue weighted by Gasteiger charge is -2.11. The molecule has 6 aromatic rings. The van der Waals surface area contributed by atoms with Gasteiger partial charge in [0, 0.05) is 23.9 Å². The van der Waals surface area contributed by atoms with Crippen LogP contribution in [0.1, 0.15) is 39.5 Å².